The number of primary amides is 1. The average Bonchev–Trinajstić information content (AvgIpc) is 2.86. The number of benzene rings is 3. The van der Waals surface area contributed by atoms with Gasteiger partial charge in [0.2, 0.25) is 5.91 Å². The van der Waals surface area contributed by atoms with Gasteiger partial charge in [0.1, 0.15) is 11.5 Å². The molecule has 10 heteroatoms. The molecule has 4 amide bonds. The monoisotopic (exact) mass is 485 g/mol. The van der Waals surface area contributed by atoms with Crippen LogP contribution in [0.15, 0.2) is 71.7 Å². The lowest BCUT2D eigenvalue weighted by molar-refractivity contribution is -0.110. The van der Waals surface area contributed by atoms with Crippen LogP contribution in [0.1, 0.15) is 22.8 Å². The second-order valence-corrected chi connectivity index (χ2v) is 7.80. The molecule has 10 nitrogen and oxygen atoms in total. The minimum absolute atomic E-state index is 0.0769. The maximum absolute atomic E-state index is 13.0. The van der Waals surface area contributed by atoms with Gasteiger partial charge >= 0.3 is 6.03 Å². The van der Waals surface area contributed by atoms with Crippen LogP contribution < -0.4 is 27.0 Å². The first-order chi connectivity index (χ1) is 17.2. The van der Waals surface area contributed by atoms with Crippen LogP contribution >= 0.6 is 0 Å². The summed E-state index contributed by atoms with van der Waals surface area (Å²) in [4.78, 5) is 42.0. The minimum atomic E-state index is -0.604. The number of rotatable bonds is 6. The molecule has 0 bridgehead atoms. The Kier molecular flexibility index (Phi) is 7.80. The van der Waals surface area contributed by atoms with E-state index < -0.39 is 17.8 Å². The largest absolute Gasteiger partial charge is 0.398 e. The van der Waals surface area contributed by atoms with E-state index in [0.29, 0.717) is 22.6 Å². The van der Waals surface area contributed by atoms with Crippen LogP contribution in [0.5, 0.6) is 0 Å². The number of hydrogen-bond acceptors (Lipinski definition) is 6. The highest BCUT2D eigenvalue weighted by atomic mass is 16.2. The van der Waals surface area contributed by atoms with Crippen molar-refractivity contribution in [2.45, 2.75) is 6.92 Å². The average molecular weight is 486 g/mol. The van der Waals surface area contributed by atoms with Crippen LogP contribution in [0.4, 0.5) is 21.9 Å². The minimum Gasteiger partial charge on any atom is -0.398 e. The highest BCUT2D eigenvalue weighted by Gasteiger charge is 2.19. The number of nitrogens with one attached hydrogen (secondary N) is 3. The molecule has 7 N–H and O–H groups in total. The van der Waals surface area contributed by atoms with Crippen molar-refractivity contribution in [2.75, 3.05) is 30.0 Å². The van der Waals surface area contributed by atoms with Crippen LogP contribution in [-0.4, -0.2) is 43.5 Å². The third-order valence-corrected chi connectivity index (χ3v) is 5.36. The molecule has 3 rings (SSSR count). The second kappa shape index (κ2) is 11.0. The highest BCUT2D eigenvalue weighted by molar-refractivity contribution is 6.49. The first-order valence-corrected chi connectivity index (χ1v) is 10.9. The van der Waals surface area contributed by atoms with E-state index in [2.05, 4.69) is 15.6 Å². The zero-order valence-electron chi connectivity index (χ0n) is 20.1. The number of amidine groups is 1. The summed E-state index contributed by atoms with van der Waals surface area (Å²) in [5.41, 5.74) is 15.2. The summed E-state index contributed by atoms with van der Waals surface area (Å²) in [6.07, 6.45) is 0. The van der Waals surface area contributed by atoms with Gasteiger partial charge in [0, 0.05) is 36.6 Å². The van der Waals surface area contributed by atoms with Gasteiger partial charge < -0.3 is 22.1 Å². The topological polar surface area (TPSA) is 167 Å². The van der Waals surface area contributed by atoms with Gasteiger partial charge in [-0.05, 0) is 60.5 Å². The lowest BCUT2D eigenvalue weighted by Gasteiger charge is -2.21. The molecule has 0 unspecified atom stereocenters. The summed E-state index contributed by atoms with van der Waals surface area (Å²) < 4.78 is 0. The Balaban J connectivity index is 1.91. The normalized spacial score (nSPS) is 10.9. The van der Waals surface area contributed by atoms with E-state index in [1.165, 1.54) is 32.0 Å². The molecule has 0 radical (unpaired) electrons. The number of nitrogen functional groups attached to an aromatic ring is 1. The molecule has 3 aromatic carbocycles. The molecule has 36 heavy (non-hydrogen) atoms. The maximum Gasteiger partial charge on any atom is 0.327 e. The van der Waals surface area contributed by atoms with Gasteiger partial charge in [-0.1, -0.05) is 24.3 Å². The van der Waals surface area contributed by atoms with Crippen LogP contribution in [0.3, 0.4) is 0 Å². The first kappa shape index (κ1) is 25.6. The number of carbonyl (C=O) groups is 3. The standard InChI is InChI=1S/C26H27N7O3/c1-15(27)33(26(36)31-3)20-10-7-16(8-11-20)17-9-12-22(28)21(14-17)23(30-2)25(35)32-19-6-4-5-18(13-19)24(29)34/h4-14,27H,28H2,1-3H3,(H2,29,34)(H,31,36)(H,32,35). The summed E-state index contributed by atoms with van der Waals surface area (Å²) >= 11 is 0. The second-order valence-electron chi connectivity index (χ2n) is 7.80. The zero-order chi connectivity index (χ0) is 26.4. The lowest BCUT2D eigenvalue weighted by Crippen LogP contribution is -2.41. The number of carbonyl (C=O) groups excluding carboxylic acids is 3. The summed E-state index contributed by atoms with van der Waals surface area (Å²) in [7, 11) is 2.99. The highest BCUT2D eigenvalue weighted by Crippen LogP contribution is 2.27. The van der Waals surface area contributed by atoms with E-state index in [-0.39, 0.29) is 17.1 Å². The fourth-order valence-electron chi connectivity index (χ4n) is 3.60. The van der Waals surface area contributed by atoms with Crippen molar-refractivity contribution in [2.24, 2.45) is 10.7 Å². The molecule has 0 spiro atoms. The van der Waals surface area contributed by atoms with Gasteiger partial charge in [-0.15, -0.1) is 0 Å². The van der Waals surface area contributed by atoms with Crippen molar-refractivity contribution in [1.82, 2.24) is 5.32 Å². The molecule has 0 aromatic heterocycles. The molecule has 0 saturated heterocycles. The van der Waals surface area contributed by atoms with Crippen molar-refractivity contribution in [3.8, 4) is 11.1 Å². The third kappa shape index (κ3) is 5.55. The summed E-state index contributed by atoms with van der Waals surface area (Å²) in [5, 5.41) is 13.1. The molecule has 3 aromatic rings. The SMILES string of the molecule is CN=C(C(=O)Nc1cccc(C(N)=O)c1)c1cc(-c2ccc(N(C(C)=N)C(=O)NC)cc2)ccc1N. The molecule has 0 fully saturated rings. The van der Waals surface area contributed by atoms with E-state index in [1.807, 2.05) is 18.2 Å². The summed E-state index contributed by atoms with van der Waals surface area (Å²) in [6, 6.07) is 18.2. The first-order valence-electron chi connectivity index (χ1n) is 10.9. The number of nitrogens with zero attached hydrogens (tertiary/aromatic N) is 2. The Morgan fingerprint density at radius 3 is 2.22 bits per heavy atom. The van der Waals surface area contributed by atoms with E-state index >= 15 is 0 Å². The Morgan fingerprint density at radius 1 is 0.972 bits per heavy atom. The quantitative estimate of drug-likeness (QED) is 0.205. The van der Waals surface area contributed by atoms with Crippen LogP contribution in [0.2, 0.25) is 0 Å². The van der Waals surface area contributed by atoms with Crippen molar-refractivity contribution in [3.63, 3.8) is 0 Å². The zero-order valence-corrected chi connectivity index (χ0v) is 20.1. The van der Waals surface area contributed by atoms with Gasteiger partial charge in [0.15, 0.2) is 0 Å². The van der Waals surface area contributed by atoms with Crippen molar-refractivity contribution in [1.29, 1.82) is 5.41 Å². The number of nitrogens with two attached hydrogens (primary N) is 2. The van der Waals surface area contributed by atoms with Gasteiger partial charge in [0.25, 0.3) is 5.91 Å². The predicted octanol–water partition coefficient (Wildman–Crippen LogP) is 3.24. The molecule has 0 atom stereocenters. The van der Waals surface area contributed by atoms with E-state index in [1.54, 1.807) is 42.5 Å². The number of aliphatic imine (C=N–C) groups is 1. The maximum atomic E-state index is 13.0. The van der Waals surface area contributed by atoms with Crippen molar-refractivity contribution >= 4 is 46.5 Å². The van der Waals surface area contributed by atoms with Gasteiger partial charge in [-0.25, -0.2) is 4.79 Å². The van der Waals surface area contributed by atoms with Crippen molar-refractivity contribution in [3.05, 3.63) is 77.9 Å². The number of amides is 4. The van der Waals surface area contributed by atoms with Crippen molar-refractivity contribution < 1.29 is 14.4 Å². The van der Waals surface area contributed by atoms with Gasteiger partial charge in [-0.3, -0.25) is 24.9 Å². The molecule has 0 aliphatic carbocycles. The van der Waals surface area contributed by atoms with E-state index in [9.17, 15) is 14.4 Å². The number of urea groups is 1. The summed E-state index contributed by atoms with van der Waals surface area (Å²) in [6.45, 7) is 1.52. The Hall–Kier alpha value is -4.99. The van der Waals surface area contributed by atoms with Crippen LogP contribution in [0.25, 0.3) is 11.1 Å². The molecule has 0 aliphatic heterocycles. The molecule has 0 saturated carbocycles. The fourth-order valence-corrected chi connectivity index (χ4v) is 3.60. The molecule has 0 aliphatic rings. The van der Waals surface area contributed by atoms with Gasteiger partial charge in [-0.2, -0.15) is 0 Å². The predicted molar refractivity (Wildman–Crippen MR) is 143 cm³/mol. The summed E-state index contributed by atoms with van der Waals surface area (Å²) in [5.74, 6) is -1.03. The van der Waals surface area contributed by atoms with Gasteiger partial charge in [0.05, 0.1) is 5.69 Å². The number of anilines is 3. The van der Waals surface area contributed by atoms with Crippen LogP contribution in [0, 0.1) is 5.41 Å². The third-order valence-electron chi connectivity index (χ3n) is 5.36. The molecule has 184 valence electrons. The number of hydrogen-bond donors (Lipinski definition) is 5. The lowest BCUT2D eigenvalue weighted by atomic mass is 9.98. The molecular weight excluding hydrogens is 458 g/mol. The Bertz CT molecular complexity index is 1360. The van der Waals surface area contributed by atoms with Crippen LogP contribution in [-0.2, 0) is 4.79 Å². The fraction of sp³-hybridized carbons (Fsp3) is 0.115. The smallest absolute Gasteiger partial charge is 0.327 e. The molecule has 0 heterocycles. The Labute approximate surface area is 208 Å². The molecular formula is C26H27N7O3. The Morgan fingerprint density at radius 2 is 1.64 bits per heavy atom. The van der Waals surface area contributed by atoms with E-state index in [0.717, 1.165) is 11.1 Å². The van der Waals surface area contributed by atoms with E-state index in [4.69, 9.17) is 16.9 Å².